The van der Waals surface area contributed by atoms with Crippen molar-refractivity contribution in [2.75, 3.05) is 0 Å². The van der Waals surface area contributed by atoms with E-state index in [0.717, 1.165) is 19.3 Å². The zero-order valence-electron chi connectivity index (χ0n) is 27.2. The Morgan fingerprint density at radius 3 is 1.80 bits per heavy atom. The molecule has 0 bridgehead atoms. The van der Waals surface area contributed by atoms with E-state index in [4.69, 9.17) is 0 Å². The van der Waals surface area contributed by atoms with Crippen molar-refractivity contribution in [3.8, 4) is 11.1 Å². The maximum absolute atomic E-state index is 3.30. The summed E-state index contributed by atoms with van der Waals surface area (Å²) in [6.45, 7) is 15.6. The first kappa shape index (κ1) is 37.7. The summed E-state index contributed by atoms with van der Waals surface area (Å²) in [7, 11) is 0. The third-order valence-electron chi connectivity index (χ3n) is 7.93. The maximum atomic E-state index is 3.30. The largest absolute Gasteiger partial charge is 1.00 e. The Bertz CT molecular complexity index is 1530. The second kappa shape index (κ2) is 17.3. The molecule has 0 heterocycles. The maximum Gasteiger partial charge on any atom is -0.0253 e. The summed E-state index contributed by atoms with van der Waals surface area (Å²) in [6.07, 6.45) is 3.36. The van der Waals surface area contributed by atoms with Gasteiger partial charge in [-0.25, -0.2) is 6.07 Å². The van der Waals surface area contributed by atoms with E-state index in [2.05, 4.69) is 152 Å². The van der Waals surface area contributed by atoms with Gasteiger partial charge in [-0.05, 0) is 6.42 Å². The van der Waals surface area contributed by atoms with Gasteiger partial charge < -0.3 is 24.8 Å². The average molecular weight is 699 g/mol. The van der Waals surface area contributed by atoms with E-state index in [1.807, 2.05) is 6.07 Å². The standard InChI is InChI=1S/C15H14.C13H9.C13H21.2ClH.Zr/c1-12-3-7-14(8-4-12)11-15-9-5-13(2)6-10-15;1-3-7-12-10(5-1)9-11-6-2-4-8-13(11)12;1-6-10-8-11(7-2)12(9-10)13(3,4)5;;;/h3-10H,1-2H3;1-5,7-8H,9H2;8-9H,6-7H2,1-5H3;2*1H;/q;2*-1;;;+2/p-2. The van der Waals surface area contributed by atoms with Crippen LogP contribution >= 0.6 is 0 Å². The molecule has 1 aliphatic rings. The molecule has 5 aromatic rings. The molecule has 0 amide bonds. The van der Waals surface area contributed by atoms with Gasteiger partial charge in [0.25, 0.3) is 0 Å². The number of hydrogen-bond donors (Lipinski definition) is 0. The van der Waals surface area contributed by atoms with Crippen LogP contribution in [0.4, 0.5) is 0 Å². The van der Waals surface area contributed by atoms with Crippen molar-refractivity contribution >= 4 is 3.21 Å². The molecule has 0 saturated heterocycles. The van der Waals surface area contributed by atoms with Crippen LogP contribution in [0.3, 0.4) is 0 Å². The molecule has 0 atom stereocenters. The molecule has 6 rings (SSSR count). The molecule has 44 heavy (non-hydrogen) atoms. The Labute approximate surface area is 293 Å². The van der Waals surface area contributed by atoms with Gasteiger partial charge in [0.2, 0.25) is 0 Å². The average Bonchev–Trinajstić information content (AvgIpc) is 3.60. The van der Waals surface area contributed by atoms with Crippen LogP contribution in [0.25, 0.3) is 11.1 Å². The second-order valence-corrected chi connectivity index (χ2v) is 13.5. The Hall–Kier alpha value is -2.44. The molecule has 228 valence electrons. The minimum Gasteiger partial charge on any atom is -1.00 e. The van der Waals surface area contributed by atoms with E-state index in [1.165, 1.54) is 88.6 Å². The minimum atomic E-state index is 0. The van der Waals surface area contributed by atoms with Gasteiger partial charge in [0.1, 0.15) is 0 Å². The summed E-state index contributed by atoms with van der Waals surface area (Å²) < 4.78 is 1.42. The first-order valence-corrected chi connectivity index (χ1v) is 16.4. The molecule has 0 aliphatic heterocycles. The van der Waals surface area contributed by atoms with Gasteiger partial charge in [-0.3, -0.25) is 0 Å². The molecule has 0 radical (unpaired) electrons. The molecule has 0 N–H and O–H groups in total. The number of fused-ring (bicyclic) bond motifs is 3. The fourth-order valence-electron chi connectivity index (χ4n) is 5.42. The molecule has 5 aromatic carbocycles. The van der Waals surface area contributed by atoms with E-state index in [0.29, 0.717) is 5.41 Å². The zero-order chi connectivity index (χ0) is 30.3. The van der Waals surface area contributed by atoms with E-state index in [1.54, 1.807) is 0 Å². The molecule has 0 spiro atoms. The smallest absolute Gasteiger partial charge is 0.0253 e. The Morgan fingerprint density at radius 2 is 1.30 bits per heavy atom. The topological polar surface area (TPSA) is 0 Å². The predicted octanol–water partition coefficient (Wildman–Crippen LogP) is 4.31. The summed E-state index contributed by atoms with van der Waals surface area (Å²) >= 11 is 1.46. The molecule has 0 nitrogen and oxygen atoms in total. The van der Waals surface area contributed by atoms with Crippen molar-refractivity contribution in [3.05, 3.63) is 159 Å². The van der Waals surface area contributed by atoms with E-state index >= 15 is 0 Å². The van der Waals surface area contributed by atoms with Gasteiger partial charge >= 0.3 is 112 Å². The molecular weight excluding hydrogens is 655 g/mol. The van der Waals surface area contributed by atoms with Gasteiger partial charge in [-0.15, -0.1) is 5.56 Å². The van der Waals surface area contributed by atoms with E-state index in [-0.39, 0.29) is 24.8 Å². The van der Waals surface area contributed by atoms with Crippen molar-refractivity contribution in [1.82, 2.24) is 0 Å². The zero-order valence-corrected chi connectivity index (χ0v) is 31.2. The van der Waals surface area contributed by atoms with Gasteiger partial charge in [0, 0.05) is 0 Å². The first-order valence-electron chi connectivity index (χ1n) is 15.2. The number of rotatable bonds is 4. The van der Waals surface area contributed by atoms with Crippen LogP contribution in [0.15, 0.2) is 103 Å². The van der Waals surface area contributed by atoms with Gasteiger partial charge in [-0.2, -0.15) is 52.6 Å². The van der Waals surface area contributed by atoms with E-state index < -0.39 is 0 Å². The molecule has 1 aliphatic carbocycles. The summed E-state index contributed by atoms with van der Waals surface area (Å²) in [5.74, 6) is 0. The molecule has 0 saturated carbocycles. The number of halogens is 2. The summed E-state index contributed by atoms with van der Waals surface area (Å²) in [6, 6.07) is 40.4. The van der Waals surface area contributed by atoms with Crippen LogP contribution in [0.5, 0.6) is 0 Å². The van der Waals surface area contributed by atoms with Gasteiger partial charge in [-0.1, -0.05) is 88.3 Å². The third-order valence-corrected chi connectivity index (χ3v) is 9.35. The Balaban J connectivity index is 0.000000227. The first-order chi connectivity index (χ1) is 20.1. The quantitative estimate of drug-likeness (QED) is 0.241. The number of aryl methyl sites for hydroxylation is 4. The van der Waals surface area contributed by atoms with Crippen molar-refractivity contribution in [1.29, 1.82) is 0 Å². The predicted molar refractivity (Wildman–Crippen MR) is 179 cm³/mol. The van der Waals surface area contributed by atoms with Gasteiger partial charge in [0.05, 0.1) is 0 Å². The SMILES string of the molecule is CCc1cc(C(C)(C)C)c(CC)[cH-]1.Cc1ccc([C](=[Zr+2])c2ccc(C)cc2)cc1.[Cl-].[Cl-].[c-]1cccc2c1Cc1ccccc1-2. The van der Waals surface area contributed by atoms with Crippen molar-refractivity contribution < 1.29 is 49.0 Å². The second-order valence-electron chi connectivity index (χ2n) is 12.3. The van der Waals surface area contributed by atoms with Crippen LogP contribution in [0.2, 0.25) is 0 Å². The van der Waals surface area contributed by atoms with Crippen LogP contribution in [-0.4, -0.2) is 3.21 Å². The van der Waals surface area contributed by atoms with E-state index in [9.17, 15) is 0 Å². The molecule has 0 fully saturated rings. The number of benzene rings is 4. The summed E-state index contributed by atoms with van der Waals surface area (Å²) in [5, 5.41) is 0. The van der Waals surface area contributed by atoms with Crippen LogP contribution in [0, 0.1) is 19.9 Å². The molecule has 0 unspecified atom stereocenters. The Kier molecular flexibility index (Phi) is 14.9. The minimum absolute atomic E-state index is 0. The Morgan fingerprint density at radius 1 is 0.750 bits per heavy atom. The monoisotopic (exact) mass is 696 g/mol. The van der Waals surface area contributed by atoms with Crippen molar-refractivity contribution in [2.24, 2.45) is 0 Å². The molecule has 0 aromatic heterocycles. The van der Waals surface area contributed by atoms with Crippen LogP contribution < -0.4 is 24.8 Å². The number of hydrogen-bond acceptors (Lipinski definition) is 0. The summed E-state index contributed by atoms with van der Waals surface area (Å²) in [4.78, 5) is 0. The van der Waals surface area contributed by atoms with Crippen molar-refractivity contribution in [3.63, 3.8) is 0 Å². The summed E-state index contributed by atoms with van der Waals surface area (Å²) in [5.41, 5.74) is 15.7. The molecule has 3 heteroatoms. The normalized spacial score (nSPS) is 10.9. The van der Waals surface area contributed by atoms with Gasteiger partial charge in [0.15, 0.2) is 0 Å². The third kappa shape index (κ3) is 9.78. The molecular formula is C41H44Cl2Zr-2. The van der Waals surface area contributed by atoms with Crippen LogP contribution in [-0.2, 0) is 48.9 Å². The van der Waals surface area contributed by atoms with Crippen molar-refractivity contribution in [2.45, 2.75) is 73.1 Å². The van der Waals surface area contributed by atoms with Crippen LogP contribution in [0.1, 0.15) is 84.7 Å². The fraction of sp³-hybridized carbons (Fsp3) is 0.268. The fourth-order valence-corrected chi connectivity index (χ4v) is 6.24.